The van der Waals surface area contributed by atoms with E-state index in [-0.39, 0.29) is 0 Å². The van der Waals surface area contributed by atoms with E-state index in [4.69, 9.17) is 0 Å². The van der Waals surface area contributed by atoms with Crippen LogP contribution in [0.3, 0.4) is 0 Å². The molecule has 1 atom stereocenters. The first-order chi connectivity index (χ1) is 8.25. The van der Waals surface area contributed by atoms with Crippen LogP contribution in [0, 0.1) is 5.92 Å². The van der Waals surface area contributed by atoms with Crippen molar-refractivity contribution in [1.29, 1.82) is 0 Å². The van der Waals surface area contributed by atoms with Gasteiger partial charge in [0.05, 0.1) is 0 Å². The first-order valence-corrected chi connectivity index (χ1v) is 6.93. The molecule has 1 saturated heterocycles. The van der Waals surface area contributed by atoms with Crippen molar-refractivity contribution in [1.82, 2.24) is 15.5 Å². The van der Waals surface area contributed by atoms with E-state index in [1.165, 1.54) is 12.8 Å². The molecule has 1 unspecified atom stereocenters. The molecular weight excluding hydrogens is 236 g/mol. The van der Waals surface area contributed by atoms with Crippen molar-refractivity contribution >= 4 is 16.9 Å². The summed E-state index contributed by atoms with van der Waals surface area (Å²) in [7, 11) is 0. The maximum Gasteiger partial charge on any atom is 0.213 e. The lowest BCUT2D eigenvalue weighted by molar-refractivity contribution is 0.410. The van der Waals surface area contributed by atoms with Gasteiger partial charge in [-0.15, -0.1) is 0 Å². The number of hydrogen-bond donors (Lipinski definition) is 1. The van der Waals surface area contributed by atoms with Crippen LogP contribution in [-0.2, 0) is 6.42 Å². The number of rotatable bonds is 4. The molecule has 1 N–H and O–H groups in total. The van der Waals surface area contributed by atoms with Gasteiger partial charge in [-0.1, -0.05) is 30.8 Å². The molecular formula is C11H18N4OS. The van der Waals surface area contributed by atoms with Gasteiger partial charge < -0.3 is 9.84 Å². The van der Waals surface area contributed by atoms with Crippen LogP contribution in [0.4, 0.5) is 0 Å². The summed E-state index contributed by atoms with van der Waals surface area (Å²) in [5.74, 6) is 2.52. The summed E-state index contributed by atoms with van der Waals surface area (Å²) in [5, 5.41) is 8.30. The Balaban J connectivity index is 1.80. The van der Waals surface area contributed by atoms with Crippen molar-refractivity contribution in [2.24, 2.45) is 10.9 Å². The van der Waals surface area contributed by atoms with Crippen molar-refractivity contribution in [3.63, 3.8) is 0 Å². The second-order valence-electron chi connectivity index (χ2n) is 4.42. The van der Waals surface area contributed by atoms with Crippen LogP contribution < -0.4 is 5.32 Å². The number of nitrogens with zero attached hydrogens (tertiary/aromatic N) is 3. The minimum absolute atomic E-state index is 0.556. The highest BCUT2D eigenvalue weighted by Crippen LogP contribution is 2.18. The smallest absolute Gasteiger partial charge is 0.213 e. The van der Waals surface area contributed by atoms with E-state index in [0.717, 1.165) is 23.2 Å². The molecule has 0 aromatic carbocycles. The van der Waals surface area contributed by atoms with Crippen molar-refractivity contribution < 1.29 is 4.52 Å². The zero-order valence-electron chi connectivity index (χ0n) is 10.2. The highest BCUT2D eigenvalue weighted by Gasteiger charge is 2.19. The molecule has 1 aliphatic rings. The maximum absolute atomic E-state index is 4.68. The molecule has 1 aromatic rings. The fourth-order valence-corrected chi connectivity index (χ4v) is 2.69. The van der Waals surface area contributed by atoms with Gasteiger partial charge in [-0.2, -0.15) is 4.98 Å². The van der Waals surface area contributed by atoms with Crippen molar-refractivity contribution in [3.8, 4) is 0 Å². The van der Waals surface area contributed by atoms with Gasteiger partial charge in [-0.3, -0.25) is 4.99 Å². The first-order valence-electron chi connectivity index (χ1n) is 5.94. The lowest BCUT2D eigenvalue weighted by atomic mass is 10.0. The summed E-state index contributed by atoms with van der Waals surface area (Å²) in [6.45, 7) is 5.19. The number of nitrogens with one attached hydrogen (secondary N) is 1. The Hall–Kier alpha value is -1.04. The van der Waals surface area contributed by atoms with Gasteiger partial charge in [0.15, 0.2) is 11.0 Å². The summed E-state index contributed by atoms with van der Waals surface area (Å²) in [6, 6.07) is 0.556. The Labute approximate surface area is 105 Å². The van der Waals surface area contributed by atoms with Crippen LogP contribution in [0.1, 0.15) is 26.1 Å². The lowest BCUT2D eigenvalue weighted by Crippen LogP contribution is -2.41. The van der Waals surface area contributed by atoms with E-state index >= 15 is 0 Å². The quantitative estimate of drug-likeness (QED) is 0.886. The van der Waals surface area contributed by atoms with Gasteiger partial charge in [-0.25, -0.2) is 0 Å². The first kappa shape index (κ1) is 12.4. The normalized spacial score (nSPS) is 23.0. The van der Waals surface area contributed by atoms with Gasteiger partial charge in [0, 0.05) is 24.8 Å². The van der Waals surface area contributed by atoms with Crippen LogP contribution in [0.15, 0.2) is 15.9 Å². The average molecular weight is 254 g/mol. The minimum atomic E-state index is 0.556. The summed E-state index contributed by atoms with van der Waals surface area (Å²) >= 11 is 1.80. The Bertz CT molecular complexity index is 364. The molecule has 5 nitrogen and oxygen atoms in total. The second-order valence-corrected chi connectivity index (χ2v) is 5.50. The molecule has 0 saturated carbocycles. The molecule has 0 aliphatic carbocycles. The summed E-state index contributed by atoms with van der Waals surface area (Å²) in [6.07, 6.45) is 3.30. The third-order valence-electron chi connectivity index (χ3n) is 2.78. The van der Waals surface area contributed by atoms with E-state index < -0.39 is 0 Å². The molecule has 0 amide bonds. The molecule has 1 aromatic heterocycles. The predicted octanol–water partition coefficient (Wildman–Crippen LogP) is 1.72. The number of aliphatic imine (C=N–C) groups is 1. The molecule has 1 fully saturated rings. The highest BCUT2D eigenvalue weighted by atomic mass is 32.2. The predicted molar refractivity (Wildman–Crippen MR) is 69.1 cm³/mol. The SMILES string of the molecule is CC(C)C1CCSC(=NCCc2ncon2)N1. The second kappa shape index (κ2) is 6.05. The summed E-state index contributed by atoms with van der Waals surface area (Å²) in [5.41, 5.74) is 0. The largest absolute Gasteiger partial charge is 0.362 e. The topological polar surface area (TPSA) is 63.3 Å². The number of hydrogen-bond acceptors (Lipinski definition) is 5. The Kier molecular flexibility index (Phi) is 4.42. The number of amidine groups is 1. The van der Waals surface area contributed by atoms with E-state index in [1.54, 1.807) is 11.8 Å². The fraction of sp³-hybridized carbons (Fsp3) is 0.727. The van der Waals surface area contributed by atoms with Crippen LogP contribution in [0.25, 0.3) is 0 Å². The number of aromatic nitrogens is 2. The number of thioether (sulfide) groups is 1. The van der Waals surface area contributed by atoms with Gasteiger partial charge in [0.2, 0.25) is 6.39 Å². The van der Waals surface area contributed by atoms with Gasteiger partial charge >= 0.3 is 0 Å². The Morgan fingerprint density at radius 3 is 3.24 bits per heavy atom. The van der Waals surface area contributed by atoms with Crippen LogP contribution in [-0.4, -0.2) is 33.6 Å². The Morgan fingerprint density at radius 1 is 1.65 bits per heavy atom. The van der Waals surface area contributed by atoms with E-state index in [1.807, 2.05) is 0 Å². The van der Waals surface area contributed by atoms with Gasteiger partial charge in [0.1, 0.15) is 0 Å². The summed E-state index contributed by atoms with van der Waals surface area (Å²) < 4.78 is 4.68. The third-order valence-corrected chi connectivity index (χ3v) is 3.74. The maximum atomic E-state index is 4.68. The van der Waals surface area contributed by atoms with E-state index in [0.29, 0.717) is 18.5 Å². The van der Waals surface area contributed by atoms with Crippen LogP contribution >= 0.6 is 11.8 Å². The molecule has 0 bridgehead atoms. The molecule has 2 rings (SSSR count). The third kappa shape index (κ3) is 3.73. The molecule has 2 heterocycles. The molecule has 1 aliphatic heterocycles. The molecule has 0 radical (unpaired) electrons. The van der Waals surface area contributed by atoms with Crippen LogP contribution in [0.5, 0.6) is 0 Å². The Morgan fingerprint density at radius 2 is 2.53 bits per heavy atom. The van der Waals surface area contributed by atoms with Crippen molar-refractivity contribution in [3.05, 3.63) is 12.2 Å². The van der Waals surface area contributed by atoms with Gasteiger partial charge in [0.25, 0.3) is 0 Å². The average Bonchev–Trinajstić information content (AvgIpc) is 2.82. The molecule has 6 heteroatoms. The summed E-state index contributed by atoms with van der Waals surface area (Å²) in [4.78, 5) is 8.51. The lowest BCUT2D eigenvalue weighted by Gasteiger charge is -2.28. The molecule has 17 heavy (non-hydrogen) atoms. The standard InChI is InChI=1S/C11H18N4OS/c1-8(2)9-4-6-17-11(14-9)12-5-3-10-13-7-16-15-10/h7-9H,3-6H2,1-2H3,(H,12,14). The zero-order chi connectivity index (χ0) is 12.1. The zero-order valence-corrected chi connectivity index (χ0v) is 11.0. The van der Waals surface area contributed by atoms with E-state index in [2.05, 4.69) is 38.8 Å². The fourth-order valence-electron chi connectivity index (χ4n) is 1.71. The molecule has 94 valence electrons. The molecule has 0 spiro atoms. The van der Waals surface area contributed by atoms with Gasteiger partial charge in [-0.05, 0) is 12.3 Å². The van der Waals surface area contributed by atoms with Crippen molar-refractivity contribution in [2.75, 3.05) is 12.3 Å². The monoisotopic (exact) mass is 254 g/mol. The van der Waals surface area contributed by atoms with E-state index in [9.17, 15) is 0 Å². The van der Waals surface area contributed by atoms with Crippen LogP contribution in [0.2, 0.25) is 0 Å². The highest BCUT2D eigenvalue weighted by molar-refractivity contribution is 8.13. The minimum Gasteiger partial charge on any atom is -0.362 e. The van der Waals surface area contributed by atoms with Crippen molar-refractivity contribution in [2.45, 2.75) is 32.7 Å².